The highest BCUT2D eigenvalue weighted by Crippen LogP contribution is 2.34. The summed E-state index contributed by atoms with van der Waals surface area (Å²) in [6.45, 7) is 0. The van der Waals surface area contributed by atoms with Crippen molar-refractivity contribution >= 4 is 44.8 Å². The summed E-state index contributed by atoms with van der Waals surface area (Å²) in [5.74, 6) is 0. The molecular formula is C12H4N6O10. The summed E-state index contributed by atoms with van der Waals surface area (Å²) in [6, 6.07) is 1.93. The molecule has 2 aromatic carbocycles. The molecule has 0 N–H and O–H groups in total. The van der Waals surface area contributed by atoms with E-state index in [9.17, 15) is 50.6 Å². The maximum atomic E-state index is 12.7. The Labute approximate surface area is 149 Å². The van der Waals surface area contributed by atoms with Crippen LogP contribution in [-0.2, 0) is 0 Å². The normalized spacial score (nSPS) is 10.9. The van der Waals surface area contributed by atoms with Gasteiger partial charge in [-0.15, -0.1) is 0 Å². The Kier molecular flexibility index (Phi) is 3.80. The van der Waals surface area contributed by atoms with Crippen LogP contribution in [0.1, 0.15) is 0 Å². The van der Waals surface area contributed by atoms with Gasteiger partial charge in [-0.05, 0) is 0 Å². The van der Waals surface area contributed by atoms with E-state index in [1.165, 1.54) is 0 Å². The lowest BCUT2D eigenvalue weighted by Crippen LogP contribution is -2.22. The van der Waals surface area contributed by atoms with E-state index in [-0.39, 0.29) is 9.16 Å². The number of hydrogen-bond donors (Lipinski definition) is 0. The van der Waals surface area contributed by atoms with Crippen LogP contribution in [0.15, 0.2) is 24.3 Å². The van der Waals surface area contributed by atoms with Crippen molar-refractivity contribution < 1.29 is 24.1 Å². The summed E-state index contributed by atoms with van der Waals surface area (Å²) in [4.78, 5) is 52.7. The van der Waals surface area contributed by atoms with Crippen LogP contribution in [0.5, 0.6) is 0 Å². The first-order valence-corrected chi connectivity index (χ1v) is 6.92. The number of non-ortho nitro benzene ring substituents is 4. The summed E-state index contributed by atoms with van der Waals surface area (Å²) in [7, 11) is 0. The Bertz CT molecular complexity index is 1220. The van der Waals surface area contributed by atoms with E-state index >= 15 is 0 Å². The van der Waals surface area contributed by atoms with Gasteiger partial charge in [-0.3, -0.25) is 40.5 Å². The standard InChI is InChI=1S/C12H4N6O10/c19-13-7-1-5(15(21)22)3-9(17(25)26)11(7)14(20)12-8(13)2-6(16(23)24)4-10(12)18(27)28/h1-4H. The molecule has 16 heteroatoms. The first-order chi connectivity index (χ1) is 13.0. The van der Waals surface area contributed by atoms with Crippen LogP contribution in [0.2, 0.25) is 0 Å². The molecular weight excluding hydrogens is 388 g/mol. The topological polar surface area (TPSA) is 224 Å². The summed E-state index contributed by atoms with van der Waals surface area (Å²) < 4.78 is -0.554. The first kappa shape index (κ1) is 18.0. The minimum absolute atomic E-state index is 0.237. The molecule has 0 amide bonds. The number of hydrogen-bond acceptors (Lipinski definition) is 10. The maximum Gasteiger partial charge on any atom is 0.364 e. The fourth-order valence-electron chi connectivity index (χ4n) is 2.64. The van der Waals surface area contributed by atoms with Gasteiger partial charge in [-0.2, -0.15) is 0 Å². The van der Waals surface area contributed by atoms with Crippen molar-refractivity contribution in [3.05, 3.63) is 74.8 Å². The Balaban J connectivity index is 2.71. The number of nitro benzene ring substituents is 4. The molecule has 0 saturated carbocycles. The summed E-state index contributed by atoms with van der Waals surface area (Å²) >= 11 is 0. The highest BCUT2D eigenvalue weighted by molar-refractivity contribution is 5.93. The molecule has 3 aromatic rings. The predicted octanol–water partition coefficient (Wildman–Crippen LogP) is 1.69. The number of fused-ring (bicyclic) bond motifs is 2. The molecule has 1 aromatic heterocycles. The monoisotopic (exact) mass is 392 g/mol. The van der Waals surface area contributed by atoms with Gasteiger partial charge in [0.05, 0.1) is 24.1 Å². The van der Waals surface area contributed by atoms with E-state index in [0.717, 1.165) is 0 Å². The van der Waals surface area contributed by atoms with Crippen molar-refractivity contribution in [3.8, 4) is 0 Å². The van der Waals surface area contributed by atoms with Crippen LogP contribution in [0.4, 0.5) is 22.7 Å². The van der Waals surface area contributed by atoms with Crippen molar-refractivity contribution in [1.82, 2.24) is 4.73 Å². The van der Waals surface area contributed by atoms with Gasteiger partial charge in [0.15, 0.2) is 0 Å². The van der Waals surface area contributed by atoms with Crippen molar-refractivity contribution in [1.29, 1.82) is 0 Å². The molecule has 0 aliphatic rings. The van der Waals surface area contributed by atoms with Crippen LogP contribution in [-0.4, -0.2) is 24.4 Å². The van der Waals surface area contributed by atoms with E-state index in [2.05, 4.69) is 0 Å². The van der Waals surface area contributed by atoms with Gasteiger partial charge in [0.1, 0.15) is 23.2 Å². The van der Waals surface area contributed by atoms with E-state index in [1.54, 1.807) is 0 Å². The largest absolute Gasteiger partial charge is 0.805 e. The second-order valence-electron chi connectivity index (χ2n) is 5.28. The average molecular weight is 392 g/mol. The zero-order chi connectivity index (χ0) is 20.9. The van der Waals surface area contributed by atoms with Gasteiger partial charge < -0.3 is 9.94 Å². The van der Waals surface area contributed by atoms with Gasteiger partial charge in [-0.25, -0.2) is 0 Å². The highest BCUT2D eigenvalue weighted by Gasteiger charge is 2.35. The summed E-state index contributed by atoms with van der Waals surface area (Å²) in [5.41, 5.74) is -7.76. The van der Waals surface area contributed by atoms with Gasteiger partial charge in [0, 0.05) is 17.0 Å². The van der Waals surface area contributed by atoms with Crippen molar-refractivity contribution in [3.63, 3.8) is 0 Å². The second kappa shape index (κ2) is 5.90. The van der Waals surface area contributed by atoms with Gasteiger partial charge in [-0.1, -0.05) is 0 Å². The average Bonchev–Trinajstić information content (AvgIpc) is 2.63. The number of nitrogens with zero attached hydrogens (tertiary/aromatic N) is 6. The van der Waals surface area contributed by atoms with E-state index in [4.69, 9.17) is 0 Å². The Morgan fingerprint density at radius 3 is 1.32 bits per heavy atom. The molecule has 3 rings (SSSR count). The molecule has 0 radical (unpaired) electrons. The number of nitro groups is 4. The highest BCUT2D eigenvalue weighted by atomic mass is 16.6. The summed E-state index contributed by atoms with van der Waals surface area (Å²) in [6.07, 6.45) is 0. The minimum atomic E-state index is -1.17. The number of aromatic nitrogens is 2. The van der Waals surface area contributed by atoms with Crippen molar-refractivity contribution in [2.24, 2.45) is 0 Å². The van der Waals surface area contributed by atoms with Crippen LogP contribution < -0.4 is 4.43 Å². The van der Waals surface area contributed by atoms with Gasteiger partial charge in [0.2, 0.25) is 0 Å². The lowest BCUT2D eigenvalue weighted by atomic mass is 10.2. The molecule has 28 heavy (non-hydrogen) atoms. The zero-order valence-corrected chi connectivity index (χ0v) is 13.1. The van der Waals surface area contributed by atoms with E-state index in [0.29, 0.717) is 24.3 Å². The minimum Gasteiger partial charge on any atom is -0.805 e. The van der Waals surface area contributed by atoms with E-state index in [1.807, 2.05) is 0 Å². The van der Waals surface area contributed by atoms with Crippen molar-refractivity contribution in [2.75, 3.05) is 0 Å². The Hall–Kier alpha value is -4.76. The van der Waals surface area contributed by atoms with E-state index < -0.39 is 64.5 Å². The van der Waals surface area contributed by atoms with Crippen LogP contribution in [0.3, 0.4) is 0 Å². The van der Waals surface area contributed by atoms with Crippen LogP contribution in [0.25, 0.3) is 22.1 Å². The zero-order valence-electron chi connectivity index (χ0n) is 13.1. The molecule has 0 unspecified atom stereocenters. The van der Waals surface area contributed by atoms with Crippen LogP contribution >= 0.6 is 0 Å². The molecule has 0 spiro atoms. The fourth-order valence-corrected chi connectivity index (χ4v) is 2.64. The third kappa shape index (κ3) is 2.48. The van der Waals surface area contributed by atoms with Crippen LogP contribution in [0, 0.1) is 50.6 Å². The second-order valence-corrected chi connectivity index (χ2v) is 5.28. The van der Waals surface area contributed by atoms with Crippen molar-refractivity contribution in [2.45, 2.75) is 0 Å². The SMILES string of the molecule is O=[N+]([O-])c1cc([N+](=O)[O-])c2c(c1)n([O-])c1cc([N+](=O)[O-])cc([N+](=O)[O-])c1[n+]2=O. The first-order valence-electron chi connectivity index (χ1n) is 6.92. The third-order valence-electron chi connectivity index (χ3n) is 3.77. The molecule has 16 nitrogen and oxygen atoms in total. The number of rotatable bonds is 4. The summed E-state index contributed by atoms with van der Waals surface area (Å²) in [5, 5.41) is 57.1. The molecule has 0 saturated heterocycles. The quantitative estimate of drug-likeness (QED) is 0.270. The van der Waals surface area contributed by atoms with Gasteiger partial charge >= 0.3 is 22.4 Å². The lowest BCUT2D eigenvalue weighted by Gasteiger charge is -2.13. The number of benzene rings is 2. The molecule has 0 aliphatic carbocycles. The third-order valence-corrected chi connectivity index (χ3v) is 3.77. The van der Waals surface area contributed by atoms with Gasteiger partial charge in [0.25, 0.3) is 11.4 Å². The predicted molar refractivity (Wildman–Crippen MR) is 88.2 cm³/mol. The lowest BCUT2D eigenvalue weighted by molar-refractivity contribution is -0.456. The Morgan fingerprint density at radius 1 is 0.679 bits per heavy atom. The molecule has 0 fully saturated rings. The molecule has 0 bridgehead atoms. The smallest absolute Gasteiger partial charge is 0.364 e. The molecule has 142 valence electrons. The maximum absolute atomic E-state index is 12.7. The molecule has 0 aliphatic heterocycles. The Morgan fingerprint density at radius 2 is 1.04 bits per heavy atom. The fraction of sp³-hybridized carbons (Fsp3) is 0. The molecule has 0 atom stereocenters. The molecule has 1 heterocycles.